The lowest BCUT2D eigenvalue weighted by molar-refractivity contribution is -0.138. The lowest BCUT2D eigenvalue weighted by Gasteiger charge is -2.36. The zero-order chi connectivity index (χ0) is 17.8. The van der Waals surface area contributed by atoms with E-state index in [9.17, 15) is 9.59 Å². The molecule has 0 N–H and O–H groups in total. The third-order valence-electron chi connectivity index (χ3n) is 5.71. The minimum atomic E-state index is 0.107. The van der Waals surface area contributed by atoms with Crippen molar-refractivity contribution in [2.75, 3.05) is 32.7 Å². The molecule has 0 radical (unpaired) electrons. The maximum atomic E-state index is 12.7. The maximum absolute atomic E-state index is 12.7. The first kappa shape index (κ1) is 18.4. The molecule has 2 aliphatic rings. The topological polar surface area (TPSA) is 40.6 Å². The molecule has 136 valence electrons. The van der Waals surface area contributed by atoms with Gasteiger partial charge in [0.2, 0.25) is 5.91 Å². The fraction of sp³-hybridized carbons (Fsp3) is 0.600. The number of carbonyl (C=O) groups is 2. The molecule has 1 aliphatic heterocycles. The molecular weight excluding hydrogens is 336 g/mol. The molecule has 1 aromatic carbocycles. The molecular formula is C20H27ClN2O2. The second kappa shape index (κ2) is 8.33. The van der Waals surface area contributed by atoms with Gasteiger partial charge in [-0.1, -0.05) is 31.4 Å². The summed E-state index contributed by atoms with van der Waals surface area (Å²) < 4.78 is 0. The van der Waals surface area contributed by atoms with E-state index in [2.05, 4.69) is 11.8 Å². The Bertz CT molecular complexity index is 603. The van der Waals surface area contributed by atoms with Gasteiger partial charge in [-0.3, -0.25) is 14.5 Å². The molecule has 1 saturated carbocycles. The molecule has 0 bridgehead atoms. The monoisotopic (exact) mass is 362 g/mol. The van der Waals surface area contributed by atoms with Gasteiger partial charge in [-0.15, -0.1) is 0 Å². The second-order valence-corrected chi connectivity index (χ2v) is 7.80. The van der Waals surface area contributed by atoms with Crippen LogP contribution in [0.2, 0.25) is 5.02 Å². The summed E-state index contributed by atoms with van der Waals surface area (Å²) in [5.74, 6) is 1.12. The Morgan fingerprint density at radius 1 is 1.08 bits per heavy atom. The van der Waals surface area contributed by atoms with Gasteiger partial charge in [0.15, 0.2) is 5.78 Å². The van der Waals surface area contributed by atoms with E-state index in [0.717, 1.165) is 26.2 Å². The number of carbonyl (C=O) groups excluding carboxylic acids is 2. The number of hydrogen-bond acceptors (Lipinski definition) is 3. The molecule has 1 heterocycles. The van der Waals surface area contributed by atoms with E-state index in [1.807, 2.05) is 4.90 Å². The molecule has 25 heavy (non-hydrogen) atoms. The minimum absolute atomic E-state index is 0.107. The molecule has 1 saturated heterocycles. The predicted octanol–water partition coefficient (Wildman–Crippen LogP) is 3.49. The van der Waals surface area contributed by atoms with Crippen LogP contribution in [0.15, 0.2) is 24.3 Å². The van der Waals surface area contributed by atoms with Crippen molar-refractivity contribution in [3.63, 3.8) is 0 Å². The highest BCUT2D eigenvalue weighted by Crippen LogP contribution is 2.32. The molecule has 4 nitrogen and oxygen atoms in total. The summed E-state index contributed by atoms with van der Waals surface area (Å²) in [7, 11) is 0. The Balaban J connectivity index is 1.47. The van der Waals surface area contributed by atoms with Gasteiger partial charge >= 0.3 is 0 Å². The third-order valence-corrected chi connectivity index (χ3v) is 5.97. The number of ketones is 1. The average molecular weight is 363 g/mol. The van der Waals surface area contributed by atoms with Gasteiger partial charge < -0.3 is 4.90 Å². The van der Waals surface area contributed by atoms with Gasteiger partial charge in [0.05, 0.1) is 6.54 Å². The van der Waals surface area contributed by atoms with E-state index in [0.29, 0.717) is 29.0 Å². The van der Waals surface area contributed by atoms with Crippen molar-refractivity contribution in [2.24, 2.45) is 11.8 Å². The summed E-state index contributed by atoms with van der Waals surface area (Å²) in [6, 6.07) is 7.03. The molecule has 1 atom stereocenters. The number of rotatable bonds is 5. The van der Waals surface area contributed by atoms with Gasteiger partial charge in [-0.25, -0.2) is 0 Å². The van der Waals surface area contributed by atoms with Gasteiger partial charge in [-0.05, 0) is 43.0 Å². The highest BCUT2D eigenvalue weighted by molar-refractivity contribution is 6.30. The molecule has 0 spiro atoms. The summed E-state index contributed by atoms with van der Waals surface area (Å²) in [4.78, 5) is 29.2. The number of benzene rings is 1. The fourth-order valence-corrected chi connectivity index (χ4v) is 4.13. The smallest absolute Gasteiger partial charge is 0.225 e. The number of amides is 1. The Labute approximate surface area is 155 Å². The normalized spacial score (nSPS) is 20.6. The Morgan fingerprint density at radius 2 is 1.68 bits per heavy atom. The first-order chi connectivity index (χ1) is 12.0. The highest BCUT2D eigenvalue weighted by Gasteiger charge is 2.31. The fourth-order valence-electron chi connectivity index (χ4n) is 4.00. The summed E-state index contributed by atoms with van der Waals surface area (Å²) in [5, 5.41) is 0.639. The SMILES string of the molecule is CC(C(=O)N1CCN(CC(=O)c2ccc(Cl)cc2)CC1)C1CCCC1. The Hall–Kier alpha value is -1.39. The van der Waals surface area contributed by atoms with Crippen LogP contribution < -0.4 is 0 Å². The van der Waals surface area contributed by atoms with E-state index >= 15 is 0 Å². The molecule has 1 unspecified atom stereocenters. The van der Waals surface area contributed by atoms with Gasteiger partial charge in [0.25, 0.3) is 0 Å². The number of piperazine rings is 1. The van der Waals surface area contributed by atoms with Crippen molar-refractivity contribution < 1.29 is 9.59 Å². The van der Waals surface area contributed by atoms with Crippen molar-refractivity contribution in [2.45, 2.75) is 32.6 Å². The molecule has 2 fully saturated rings. The van der Waals surface area contributed by atoms with Crippen LogP contribution in [-0.2, 0) is 4.79 Å². The summed E-state index contributed by atoms with van der Waals surface area (Å²) >= 11 is 5.87. The van der Waals surface area contributed by atoms with E-state index < -0.39 is 0 Å². The number of halogens is 1. The van der Waals surface area contributed by atoms with E-state index in [-0.39, 0.29) is 11.7 Å². The molecule has 3 rings (SSSR count). The third kappa shape index (κ3) is 4.62. The van der Waals surface area contributed by atoms with Crippen molar-refractivity contribution in [1.82, 2.24) is 9.80 Å². The van der Waals surface area contributed by atoms with Crippen LogP contribution in [0.5, 0.6) is 0 Å². The first-order valence-corrected chi connectivity index (χ1v) is 9.72. The van der Waals surface area contributed by atoms with Crippen LogP contribution >= 0.6 is 11.6 Å². The maximum Gasteiger partial charge on any atom is 0.225 e. The quantitative estimate of drug-likeness (QED) is 0.753. The van der Waals surface area contributed by atoms with Gasteiger partial charge in [0, 0.05) is 42.7 Å². The molecule has 1 aromatic rings. The number of nitrogens with zero attached hydrogens (tertiary/aromatic N) is 2. The standard InChI is InChI=1S/C20H27ClN2O2/c1-15(16-4-2-3-5-16)20(25)23-12-10-22(11-13-23)14-19(24)17-6-8-18(21)9-7-17/h6-9,15-16H,2-5,10-14H2,1H3. The van der Waals surface area contributed by atoms with Crippen LogP contribution in [0.25, 0.3) is 0 Å². The van der Waals surface area contributed by atoms with Crippen molar-refractivity contribution in [3.8, 4) is 0 Å². The zero-order valence-corrected chi connectivity index (χ0v) is 15.7. The average Bonchev–Trinajstić information content (AvgIpc) is 3.16. The summed E-state index contributed by atoms with van der Waals surface area (Å²) in [6.45, 7) is 5.48. The van der Waals surface area contributed by atoms with E-state index in [1.54, 1.807) is 24.3 Å². The van der Waals surface area contributed by atoms with E-state index in [1.165, 1.54) is 25.7 Å². The van der Waals surface area contributed by atoms with Crippen LogP contribution in [0, 0.1) is 11.8 Å². The lowest BCUT2D eigenvalue weighted by Crippen LogP contribution is -2.51. The van der Waals surface area contributed by atoms with Crippen LogP contribution in [0.3, 0.4) is 0 Å². The molecule has 1 aliphatic carbocycles. The van der Waals surface area contributed by atoms with Crippen LogP contribution in [0.4, 0.5) is 0 Å². The molecule has 0 aromatic heterocycles. The number of hydrogen-bond donors (Lipinski definition) is 0. The highest BCUT2D eigenvalue weighted by atomic mass is 35.5. The summed E-state index contributed by atoms with van der Waals surface area (Å²) in [6.07, 6.45) is 4.93. The Kier molecular flexibility index (Phi) is 6.13. The second-order valence-electron chi connectivity index (χ2n) is 7.36. The van der Waals surface area contributed by atoms with Gasteiger partial charge in [-0.2, -0.15) is 0 Å². The van der Waals surface area contributed by atoms with Crippen LogP contribution in [0.1, 0.15) is 43.0 Å². The largest absolute Gasteiger partial charge is 0.340 e. The minimum Gasteiger partial charge on any atom is -0.340 e. The zero-order valence-electron chi connectivity index (χ0n) is 14.9. The van der Waals surface area contributed by atoms with Gasteiger partial charge in [0.1, 0.15) is 0 Å². The Morgan fingerprint density at radius 3 is 2.28 bits per heavy atom. The lowest BCUT2D eigenvalue weighted by atomic mass is 9.91. The van der Waals surface area contributed by atoms with E-state index in [4.69, 9.17) is 11.6 Å². The first-order valence-electron chi connectivity index (χ1n) is 9.34. The summed E-state index contributed by atoms with van der Waals surface area (Å²) in [5.41, 5.74) is 0.692. The van der Waals surface area contributed by atoms with Crippen molar-refractivity contribution in [3.05, 3.63) is 34.9 Å². The van der Waals surface area contributed by atoms with Crippen LogP contribution in [-0.4, -0.2) is 54.2 Å². The molecule has 5 heteroatoms. The molecule has 1 amide bonds. The predicted molar refractivity (Wildman–Crippen MR) is 99.9 cm³/mol. The van der Waals surface area contributed by atoms with Crippen molar-refractivity contribution in [1.29, 1.82) is 0 Å². The van der Waals surface area contributed by atoms with Crippen molar-refractivity contribution >= 4 is 23.3 Å². The number of Topliss-reactive ketones (excluding diaryl/α,β-unsaturated/α-hetero) is 1.